The number of pyridine rings is 1. The van der Waals surface area contributed by atoms with E-state index in [2.05, 4.69) is 37.1 Å². The molecule has 9 heteroatoms. The Balaban J connectivity index is 1.89. The van der Waals surface area contributed by atoms with Crippen LogP contribution in [0.25, 0.3) is 11.1 Å². The number of nitrogens with zero attached hydrogens (tertiary/aromatic N) is 3. The third kappa shape index (κ3) is 5.24. The van der Waals surface area contributed by atoms with Crippen LogP contribution in [0.5, 0.6) is 5.75 Å². The fourth-order valence-corrected chi connectivity index (χ4v) is 6.77. The van der Waals surface area contributed by atoms with Gasteiger partial charge in [-0.3, -0.25) is 14.3 Å². The molecule has 2 aliphatic rings. The Kier molecular flexibility index (Phi) is 8.59. The smallest absolute Gasteiger partial charge is 0.260 e. The monoisotopic (exact) mass is 545 g/mol. The molecule has 1 saturated heterocycles. The maximum atomic E-state index is 15.5. The number of fused-ring (bicyclic) bond motifs is 1. The highest BCUT2D eigenvalue weighted by Gasteiger charge is 2.34. The Morgan fingerprint density at radius 2 is 2.05 bits per heavy atom. The van der Waals surface area contributed by atoms with Gasteiger partial charge in [0.1, 0.15) is 11.7 Å². The number of methoxy groups -OCH3 is 1. The molecule has 0 amide bonds. The normalized spacial score (nSPS) is 20.0. The second-order valence-corrected chi connectivity index (χ2v) is 11.0. The minimum atomic E-state index is -0.910. The fraction of sp³-hybridized carbons (Fsp3) is 0.414. The van der Waals surface area contributed by atoms with Crippen molar-refractivity contribution in [2.45, 2.75) is 36.9 Å². The Labute approximate surface area is 226 Å². The topological polar surface area (TPSA) is 37.7 Å². The van der Waals surface area contributed by atoms with Crippen LogP contribution in [0.15, 0.2) is 64.5 Å². The summed E-state index contributed by atoms with van der Waals surface area (Å²) in [4.78, 5) is 18.6. The lowest BCUT2D eigenvalue weighted by Crippen LogP contribution is -2.37. The second-order valence-electron chi connectivity index (χ2n) is 10.0. The predicted octanol–water partition coefficient (Wildman–Crippen LogP) is 5.69. The van der Waals surface area contributed by atoms with Crippen LogP contribution in [-0.4, -0.2) is 67.0 Å². The summed E-state index contributed by atoms with van der Waals surface area (Å²) in [6.45, 7) is 10.9. The van der Waals surface area contributed by atoms with Crippen molar-refractivity contribution in [2.75, 3.05) is 46.6 Å². The lowest BCUT2D eigenvalue weighted by Gasteiger charge is -2.25. The zero-order chi connectivity index (χ0) is 27.7. The lowest BCUT2D eigenvalue weighted by atomic mass is 9.93. The van der Waals surface area contributed by atoms with Gasteiger partial charge < -0.3 is 9.64 Å². The number of halogens is 3. The summed E-state index contributed by atoms with van der Waals surface area (Å²) in [5.41, 5.74) is 0.767. The minimum Gasteiger partial charge on any atom is -0.494 e. The molecule has 0 aliphatic carbocycles. The van der Waals surface area contributed by atoms with Crippen molar-refractivity contribution in [2.24, 2.45) is 0 Å². The van der Waals surface area contributed by atoms with Crippen molar-refractivity contribution >= 4 is 11.8 Å². The fourth-order valence-electron chi connectivity index (χ4n) is 5.40. The average Bonchev–Trinajstić information content (AvgIpc) is 3.52. The van der Waals surface area contributed by atoms with Gasteiger partial charge in [-0.1, -0.05) is 25.3 Å². The van der Waals surface area contributed by atoms with E-state index >= 15 is 4.39 Å². The summed E-state index contributed by atoms with van der Waals surface area (Å²) >= 11 is 1.49. The number of hydrogen-bond acceptors (Lipinski definition) is 5. The van der Waals surface area contributed by atoms with Gasteiger partial charge in [0.15, 0.2) is 11.6 Å². The molecule has 2 aliphatic heterocycles. The van der Waals surface area contributed by atoms with Crippen LogP contribution in [-0.2, 0) is 6.42 Å². The first-order valence-corrected chi connectivity index (χ1v) is 13.6. The molecule has 38 heavy (non-hydrogen) atoms. The molecular formula is C29H34F3N3O2S. The highest BCUT2D eigenvalue weighted by atomic mass is 32.2. The van der Waals surface area contributed by atoms with Crippen molar-refractivity contribution in [3.8, 4) is 16.9 Å². The van der Waals surface area contributed by atoms with Crippen LogP contribution in [0.3, 0.4) is 0 Å². The van der Waals surface area contributed by atoms with E-state index in [1.165, 1.54) is 31.0 Å². The molecule has 1 unspecified atom stereocenters. The zero-order valence-corrected chi connectivity index (χ0v) is 23.1. The van der Waals surface area contributed by atoms with Gasteiger partial charge in [-0.05, 0) is 57.3 Å². The van der Waals surface area contributed by atoms with Crippen molar-refractivity contribution in [3.63, 3.8) is 0 Å². The summed E-state index contributed by atoms with van der Waals surface area (Å²) < 4.78 is 51.4. The summed E-state index contributed by atoms with van der Waals surface area (Å²) in [5.74, 6) is -1.73. The number of thioether (sulfide) groups is 1. The van der Waals surface area contributed by atoms with Crippen LogP contribution in [0, 0.1) is 12.7 Å². The molecule has 204 valence electrons. The molecule has 4 rings (SSSR count). The molecule has 2 aromatic rings. The van der Waals surface area contributed by atoms with Crippen molar-refractivity contribution in [1.82, 2.24) is 14.4 Å². The lowest BCUT2D eigenvalue weighted by molar-refractivity contribution is 0.246. The Morgan fingerprint density at radius 3 is 2.66 bits per heavy atom. The van der Waals surface area contributed by atoms with Gasteiger partial charge in [-0.25, -0.2) is 13.2 Å². The van der Waals surface area contributed by atoms with Gasteiger partial charge in [0, 0.05) is 42.4 Å². The van der Waals surface area contributed by atoms with E-state index in [9.17, 15) is 13.6 Å². The average molecular weight is 546 g/mol. The van der Waals surface area contributed by atoms with Gasteiger partial charge in [0.25, 0.3) is 5.56 Å². The van der Waals surface area contributed by atoms with E-state index in [1.807, 2.05) is 0 Å². The number of ether oxygens (including phenoxy) is 1. The molecule has 0 saturated carbocycles. The molecule has 5 nitrogen and oxygen atoms in total. The summed E-state index contributed by atoms with van der Waals surface area (Å²) in [6.07, 6.45) is 1.85. The maximum Gasteiger partial charge on any atom is 0.260 e. The molecule has 1 aromatic carbocycles. The molecule has 0 N–H and O–H groups in total. The van der Waals surface area contributed by atoms with E-state index in [0.29, 0.717) is 34.5 Å². The summed E-state index contributed by atoms with van der Waals surface area (Å²) in [6, 6.07) is 4.92. The maximum absolute atomic E-state index is 15.5. The van der Waals surface area contributed by atoms with E-state index < -0.39 is 17.5 Å². The summed E-state index contributed by atoms with van der Waals surface area (Å²) in [5, 5.41) is 0.656. The van der Waals surface area contributed by atoms with E-state index in [-0.39, 0.29) is 40.5 Å². The van der Waals surface area contributed by atoms with Crippen LogP contribution < -0.4 is 10.3 Å². The number of likely N-dealkylation sites (N-methyl/N-ethyl adjacent to an activating group) is 1. The van der Waals surface area contributed by atoms with Crippen LogP contribution in [0.1, 0.15) is 23.6 Å². The standard InChI is InChI=1S/C29H34F3N3O2S/c1-7-24(31)23(18(3)30)13-22-17(2)26(21-9-8-10-25(37-6)27(21)32)28(36)35-20(16-38-29(22)35)15-34-12-11-19(14-34)33(4)5/h7-10,19-20H,1,3,11-16H2,2,4-6H3/b24-23+/t19-,20?/m1/s1. The third-order valence-corrected chi connectivity index (χ3v) is 8.83. The molecule has 0 bridgehead atoms. The van der Waals surface area contributed by atoms with Crippen molar-refractivity contribution in [1.29, 1.82) is 0 Å². The number of benzene rings is 1. The highest BCUT2D eigenvalue weighted by molar-refractivity contribution is 7.99. The second kappa shape index (κ2) is 11.6. The molecule has 1 aromatic heterocycles. The first-order valence-electron chi connectivity index (χ1n) is 12.6. The Hall–Kier alpha value is -2.75. The van der Waals surface area contributed by atoms with Gasteiger partial charge in [0.2, 0.25) is 0 Å². The number of rotatable bonds is 9. The quantitative estimate of drug-likeness (QED) is 0.379. The number of hydrogen-bond donors (Lipinski definition) is 0. The van der Waals surface area contributed by atoms with Crippen LogP contribution >= 0.6 is 11.8 Å². The Bertz CT molecular complexity index is 1350. The molecule has 3 heterocycles. The van der Waals surface area contributed by atoms with Crippen LogP contribution in [0.2, 0.25) is 0 Å². The van der Waals surface area contributed by atoms with E-state index in [0.717, 1.165) is 25.6 Å². The largest absolute Gasteiger partial charge is 0.494 e. The van der Waals surface area contributed by atoms with Crippen LogP contribution in [0.4, 0.5) is 13.2 Å². The number of likely N-dealkylation sites (tertiary alicyclic amines) is 1. The predicted molar refractivity (Wildman–Crippen MR) is 148 cm³/mol. The SMILES string of the molecule is C=C/C(F)=C(/Cc1c(C)c(-c2cccc(OC)c2F)c(=O)n2c1SCC2CN1CC[C@@H](N(C)C)C1)C(=C)F. The van der Waals surface area contributed by atoms with E-state index in [1.54, 1.807) is 17.6 Å². The molecule has 2 atom stereocenters. The first kappa shape index (κ1) is 28.3. The highest BCUT2D eigenvalue weighted by Crippen LogP contribution is 2.41. The minimum absolute atomic E-state index is 0.0153. The molecule has 0 radical (unpaired) electrons. The first-order chi connectivity index (χ1) is 18.1. The van der Waals surface area contributed by atoms with Crippen molar-refractivity contribution in [3.05, 3.63) is 82.0 Å². The number of allylic oxidation sites excluding steroid dienone is 4. The third-order valence-electron chi connectivity index (χ3n) is 7.56. The van der Waals surface area contributed by atoms with Crippen molar-refractivity contribution < 1.29 is 17.9 Å². The van der Waals surface area contributed by atoms with E-state index in [4.69, 9.17) is 4.74 Å². The molecular weight excluding hydrogens is 511 g/mol. The van der Waals surface area contributed by atoms with Gasteiger partial charge in [0.05, 0.1) is 23.7 Å². The van der Waals surface area contributed by atoms with Gasteiger partial charge >= 0.3 is 0 Å². The number of aromatic nitrogens is 1. The van der Waals surface area contributed by atoms with Gasteiger partial charge in [-0.15, -0.1) is 11.8 Å². The Morgan fingerprint density at radius 1 is 1.32 bits per heavy atom. The molecule has 1 fully saturated rings. The molecule has 0 spiro atoms. The van der Waals surface area contributed by atoms with Gasteiger partial charge in [-0.2, -0.15) is 0 Å². The zero-order valence-electron chi connectivity index (χ0n) is 22.3. The summed E-state index contributed by atoms with van der Waals surface area (Å²) in [7, 11) is 5.49.